The number of methoxy groups -OCH3 is 1. The molecule has 0 aliphatic rings. The third-order valence-corrected chi connectivity index (χ3v) is 3.28. The Balaban J connectivity index is 1.81. The van der Waals surface area contributed by atoms with Gasteiger partial charge in [-0.25, -0.2) is 0 Å². The van der Waals surface area contributed by atoms with Crippen LogP contribution in [0.4, 0.5) is 5.13 Å². The van der Waals surface area contributed by atoms with Crippen LogP contribution in [0.25, 0.3) is 0 Å². The van der Waals surface area contributed by atoms with Gasteiger partial charge in [-0.05, 0) is 24.6 Å². The van der Waals surface area contributed by atoms with Crippen LogP contribution in [0.2, 0.25) is 0 Å². The second-order valence-electron chi connectivity index (χ2n) is 3.88. The molecule has 19 heavy (non-hydrogen) atoms. The minimum absolute atomic E-state index is 0.472. The van der Waals surface area contributed by atoms with Gasteiger partial charge in [0.25, 0.3) is 0 Å². The van der Waals surface area contributed by atoms with Crippen LogP contribution in [0.5, 0.6) is 5.75 Å². The molecule has 2 rings (SSSR count). The Hall–Kier alpha value is -1.66. The van der Waals surface area contributed by atoms with E-state index < -0.39 is 0 Å². The van der Waals surface area contributed by atoms with Crippen molar-refractivity contribution < 1.29 is 9.47 Å². The molecule has 0 atom stereocenters. The van der Waals surface area contributed by atoms with Crippen molar-refractivity contribution >= 4 is 16.5 Å². The number of hydrogen-bond donors (Lipinski definition) is 1. The summed E-state index contributed by atoms with van der Waals surface area (Å²) >= 11 is 1.52. The van der Waals surface area contributed by atoms with Crippen LogP contribution in [-0.4, -0.2) is 23.9 Å². The number of hydrogen-bond acceptors (Lipinski definition) is 6. The lowest BCUT2D eigenvalue weighted by molar-refractivity contribution is 0.106. The molecule has 0 bridgehead atoms. The molecule has 6 heteroatoms. The van der Waals surface area contributed by atoms with E-state index in [1.165, 1.54) is 11.3 Å². The zero-order valence-corrected chi connectivity index (χ0v) is 11.9. The van der Waals surface area contributed by atoms with E-state index in [0.29, 0.717) is 13.2 Å². The highest BCUT2D eigenvalue weighted by Crippen LogP contribution is 2.17. The van der Waals surface area contributed by atoms with Crippen molar-refractivity contribution in [1.82, 2.24) is 10.2 Å². The van der Waals surface area contributed by atoms with Crippen molar-refractivity contribution in [2.24, 2.45) is 0 Å². The zero-order chi connectivity index (χ0) is 13.5. The number of nitrogens with one attached hydrogen (secondary N) is 1. The van der Waals surface area contributed by atoms with Crippen LogP contribution in [-0.2, 0) is 18.0 Å². The molecule has 0 amide bonds. The average Bonchev–Trinajstić information content (AvgIpc) is 2.87. The minimum Gasteiger partial charge on any atom is -0.497 e. The summed E-state index contributed by atoms with van der Waals surface area (Å²) in [4.78, 5) is 0. The van der Waals surface area contributed by atoms with Gasteiger partial charge in [0, 0.05) is 6.54 Å². The van der Waals surface area contributed by atoms with Crippen molar-refractivity contribution in [2.75, 3.05) is 19.0 Å². The summed E-state index contributed by atoms with van der Waals surface area (Å²) in [5, 5.41) is 12.9. The molecule has 102 valence electrons. The van der Waals surface area contributed by atoms with Gasteiger partial charge < -0.3 is 14.8 Å². The molecule has 1 aromatic heterocycles. The van der Waals surface area contributed by atoms with Crippen molar-refractivity contribution in [1.29, 1.82) is 0 Å². The van der Waals surface area contributed by atoms with E-state index in [1.54, 1.807) is 7.11 Å². The molecular weight excluding hydrogens is 262 g/mol. The summed E-state index contributed by atoms with van der Waals surface area (Å²) in [5.74, 6) is 0.839. The summed E-state index contributed by atoms with van der Waals surface area (Å²) < 4.78 is 10.8. The van der Waals surface area contributed by atoms with Crippen molar-refractivity contribution in [3.05, 3.63) is 34.8 Å². The standard InChI is InChI=1S/C13H17N3O2S/c1-3-14-13-16-15-12(19-13)9-18-8-10-5-4-6-11(7-10)17-2/h4-7H,3,8-9H2,1-2H3,(H,14,16). The van der Waals surface area contributed by atoms with Gasteiger partial charge >= 0.3 is 0 Å². The topological polar surface area (TPSA) is 56.3 Å². The Morgan fingerprint density at radius 3 is 2.95 bits per heavy atom. The number of ether oxygens (including phenoxy) is 2. The highest BCUT2D eigenvalue weighted by Gasteiger charge is 2.03. The summed E-state index contributed by atoms with van der Waals surface area (Å²) in [7, 11) is 1.66. The molecule has 0 radical (unpaired) electrons. The van der Waals surface area contributed by atoms with Gasteiger partial charge in [-0.1, -0.05) is 23.5 Å². The summed E-state index contributed by atoms with van der Waals surface area (Å²) in [6, 6.07) is 7.83. The first-order valence-corrected chi connectivity index (χ1v) is 6.90. The SMILES string of the molecule is CCNc1nnc(COCc2cccc(OC)c2)s1. The maximum Gasteiger partial charge on any atom is 0.205 e. The Kier molecular flexibility index (Phi) is 5.11. The lowest BCUT2D eigenvalue weighted by Gasteiger charge is -2.04. The van der Waals surface area contributed by atoms with Crippen molar-refractivity contribution in [3.8, 4) is 5.75 Å². The fourth-order valence-corrected chi connectivity index (χ4v) is 2.30. The fraction of sp³-hybridized carbons (Fsp3) is 0.385. The second-order valence-corrected chi connectivity index (χ2v) is 4.94. The normalized spacial score (nSPS) is 10.4. The summed E-state index contributed by atoms with van der Waals surface area (Å²) in [6.07, 6.45) is 0. The molecule has 0 aliphatic heterocycles. The monoisotopic (exact) mass is 279 g/mol. The van der Waals surface area contributed by atoms with E-state index in [-0.39, 0.29) is 0 Å². The number of rotatable bonds is 7. The van der Waals surface area contributed by atoms with E-state index in [0.717, 1.165) is 28.0 Å². The first-order chi connectivity index (χ1) is 9.31. The smallest absolute Gasteiger partial charge is 0.205 e. The molecule has 0 saturated heterocycles. The molecule has 1 aromatic carbocycles. The van der Waals surface area contributed by atoms with Gasteiger partial charge in [-0.2, -0.15) is 0 Å². The van der Waals surface area contributed by atoms with Gasteiger partial charge in [0.05, 0.1) is 13.7 Å². The van der Waals surface area contributed by atoms with Crippen molar-refractivity contribution in [2.45, 2.75) is 20.1 Å². The van der Waals surface area contributed by atoms with E-state index in [9.17, 15) is 0 Å². The Morgan fingerprint density at radius 2 is 2.16 bits per heavy atom. The lowest BCUT2D eigenvalue weighted by Crippen LogP contribution is -1.94. The van der Waals surface area contributed by atoms with Gasteiger partial charge in [0.1, 0.15) is 17.4 Å². The van der Waals surface area contributed by atoms with Crippen LogP contribution in [0.15, 0.2) is 24.3 Å². The maximum absolute atomic E-state index is 5.62. The third kappa shape index (κ3) is 4.18. The minimum atomic E-state index is 0.472. The number of benzene rings is 1. The Morgan fingerprint density at radius 1 is 1.26 bits per heavy atom. The first-order valence-electron chi connectivity index (χ1n) is 6.08. The zero-order valence-electron chi connectivity index (χ0n) is 11.0. The Bertz CT molecular complexity index is 516. The number of nitrogens with zero attached hydrogens (tertiary/aromatic N) is 2. The highest BCUT2D eigenvalue weighted by atomic mass is 32.1. The van der Waals surface area contributed by atoms with Crippen LogP contribution in [0.3, 0.4) is 0 Å². The molecule has 0 fully saturated rings. The van der Waals surface area contributed by atoms with E-state index in [4.69, 9.17) is 9.47 Å². The van der Waals surface area contributed by atoms with E-state index in [2.05, 4.69) is 15.5 Å². The van der Waals surface area contributed by atoms with Crippen LogP contribution in [0, 0.1) is 0 Å². The van der Waals surface area contributed by atoms with Crippen LogP contribution >= 0.6 is 11.3 Å². The highest BCUT2D eigenvalue weighted by molar-refractivity contribution is 7.15. The summed E-state index contributed by atoms with van der Waals surface area (Å²) in [6.45, 7) is 3.88. The molecule has 2 aromatic rings. The molecule has 5 nitrogen and oxygen atoms in total. The van der Waals surface area contributed by atoms with Gasteiger partial charge in [0.15, 0.2) is 0 Å². The molecule has 0 saturated carbocycles. The van der Waals surface area contributed by atoms with Crippen LogP contribution < -0.4 is 10.1 Å². The van der Waals surface area contributed by atoms with Crippen molar-refractivity contribution in [3.63, 3.8) is 0 Å². The quantitative estimate of drug-likeness (QED) is 0.844. The maximum atomic E-state index is 5.62. The average molecular weight is 279 g/mol. The molecule has 1 heterocycles. The van der Waals surface area contributed by atoms with Gasteiger partial charge in [-0.15, -0.1) is 10.2 Å². The van der Waals surface area contributed by atoms with Crippen LogP contribution in [0.1, 0.15) is 17.5 Å². The lowest BCUT2D eigenvalue weighted by atomic mass is 10.2. The molecule has 1 N–H and O–H groups in total. The molecule has 0 aliphatic carbocycles. The predicted molar refractivity (Wildman–Crippen MR) is 75.6 cm³/mol. The number of aromatic nitrogens is 2. The van der Waals surface area contributed by atoms with Gasteiger partial charge in [-0.3, -0.25) is 0 Å². The number of anilines is 1. The molecule has 0 unspecified atom stereocenters. The molecule has 0 spiro atoms. The third-order valence-electron chi connectivity index (χ3n) is 2.42. The second kappa shape index (κ2) is 7.06. The first kappa shape index (κ1) is 13.8. The molecular formula is C13H17N3O2S. The largest absolute Gasteiger partial charge is 0.497 e. The van der Waals surface area contributed by atoms with E-state index >= 15 is 0 Å². The Labute approximate surface area is 116 Å². The van der Waals surface area contributed by atoms with E-state index in [1.807, 2.05) is 31.2 Å². The fourth-order valence-electron chi connectivity index (χ4n) is 1.55. The van der Waals surface area contributed by atoms with Gasteiger partial charge in [0.2, 0.25) is 5.13 Å². The predicted octanol–water partition coefficient (Wildman–Crippen LogP) is 2.70. The summed E-state index contributed by atoms with van der Waals surface area (Å²) in [5.41, 5.74) is 1.08.